The molecule has 0 saturated carbocycles. The van der Waals surface area contributed by atoms with E-state index in [-0.39, 0.29) is 22.1 Å². The van der Waals surface area contributed by atoms with Crippen molar-refractivity contribution in [1.82, 2.24) is 9.62 Å². The van der Waals surface area contributed by atoms with E-state index >= 15 is 0 Å². The van der Waals surface area contributed by atoms with Gasteiger partial charge in [0.2, 0.25) is 10.0 Å². The third-order valence-corrected chi connectivity index (χ3v) is 6.79. The van der Waals surface area contributed by atoms with Crippen LogP contribution >= 0.6 is 0 Å². The molecule has 1 aliphatic rings. The largest absolute Gasteiger partial charge is 0.495 e. The Kier molecular flexibility index (Phi) is 6.83. The highest BCUT2D eigenvalue weighted by atomic mass is 32.2. The Balaban J connectivity index is 2.36. The third-order valence-electron chi connectivity index (χ3n) is 4.87. The molecule has 1 aromatic carbocycles. The van der Waals surface area contributed by atoms with E-state index in [1.165, 1.54) is 29.6 Å². The van der Waals surface area contributed by atoms with E-state index in [4.69, 9.17) is 4.74 Å². The average Bonchev–Trinajstić information content (AvgIpc) is 3.20. The Bertz CT molecular complexity index is 802. The summed E-state index contributed by atoms with van der Waals surface area (Å²) in [5.74, 6) is -1.88. The molecule has 1 fully saturated rings. The lowest BCUT2D eigenvalue weighted by molar-refractivity contribution is -0.140. The zero-order valence-corrected chi connectivity index (χ0v) is 16.6. The molecule has 0 aliphatic carbocycles. The van der Waals surface area contributed by atoms with Crippen LogP contribution in [0, 0.1) is 5.92 Å². The van der Waals surface area contributed by atoms with Crippen molar-refractivity contribution in [2.75, 3.05) is 20.2 Å². The molecule has 0 spiro atoms. The lowest BCUT2D eigenvalue weighted by atomic mass is 9.99. The number of hydrogen-bond acceptors (Lipinski definition) is 5. The molecular formula is C18H26N2O6S. The minimum atomic E-state index is -3.79. The van der Waals surface area contributed by atoms with E-state index in [1.807, 2.05) is 6.92 Å². The zero-order chi connectivity index (χ0) is 20.2. The SMILES string of the molecule is CCC(C)C(NC(=O)c1ccc(OC)c(S(=O)(=O)N2CCCC2)c1)C(=O)O. The van der Waals surface area contributed by atoms with Gasteiger partial charge in [-0.1, -0.05) is 20.3 Å². The number of sulfonamides is 1. The molecule has 27 heavy (non-hydrogen) atoms. The Morgan fingerprint density at radius 3 is 2.44 bits per heavy atom. The van der Waals surface area contributed by atoms with Crippen molar-refractivity contribution in [3.8, 4) is 5.75 Å². The van der Waals surface area contributed by atoms with Crippen molar-refractivity contribution in [3.63, 3.8) is 0 Å². The molecule has 2 N–H and O–H groups in total. The number of nitrogens with one attached hydrogen (secondary N) is 1. The van der Waals surface area contributed by atoms with Gasteiger partial charge in [0.15, 0.2) is 0 Å². The molecule has 9 heteroatoms. The molecule has 2 atom stereocenters. The molecule has 0 radical (unpaired) electrons. The predicted octanol–water partition coefficient (Wildman–Crippen LogP) is 1.71. The summed E-state index contributed by atoms with van der Waals surface area (Å²) in [6.45, 7) is 4.42. The van der Waals surface area contributed by atoms with Gasteiger partial charge < -0.3 is 15.2 Å². The molecule has 1 amide bonds. The lowest BCUT2D eigenvalue weighted by Gasteiger charge is -2.21. The fraction of sp³-hybridized carbons (Fsp3) is 0.556. The summed E-state index contributed by atoms with van der Waals surface area (Å²) >= 11 is 0. The number of aliphatic carboxylic acids is 1. The molecule has 2 rings (SSSR count). The van der Waals surface area contributed by atoms with Gasteiger partial charge in [-0.2, -0.15) is 4.31 Å². The van der Waals surface area contributed by atoms with Crippen LogP contribution in [0.2, 0.25) is 0 Å². The first-order valence-corrected chi connectivity index (χ1v) is 10.4. The first-order chi connectivity index (χ1) is 12.7. The highest BCUT2D eigenvalue weighted by molar-refractivity contribution is 7.89. The van der Waals surface area contributed by atoms with Crippen LogP contribution in [-0.4, -0.2) is 55.9 Å². The maximum Gasteiger partial charge on any atom is 0.326 e. The van der Waals surface area contributed by atoms with Gasteiger partial charge in [-0.25, -0.2) is 13.2 Å². The number of carbonyl (C=O) groups excluding carboxylic acids is 1. The maximum absolute atomic E-state index is 12.9. The van der Waals surface area contributed by atoms with Gasteiger partial charge in [-0.3, -0.25) is 4.79 Å². The minimum absolute atomic E-state index is 0.0723. The molecule has 0 bridgehead atoms. The standard InChI is InChI=1S/C18H26N2O6S/c1-4-12(2)16(18(22)23)19-17(21)13-7-8-14(26-3)15(11-13)27(24,25)20-9-5-6-10-20/h7-8,11-12,16H,4-6,9-10H2,1-3H3,(H,19,21)(H,22,23). The summed E-state index contributed by atoms with van der Waals surface area (Å²) in [6, 6.07) is 3.03. The number of nitrogens with zero attached hydrogens (tertiary/aromatic N) is 1. The number of benzene rings is 1. The molecule has 150 valence electrons. The van der Waals surface area contributed by atoms with Gasteiger partial charge in [0.25, 0.3) is 5.91 Å². The van der Waals surface area contributed by atoms with Crippen LogP contribution in [0.3, 0.4) is 0 Å². The summed E-state index contributed by atoms with van der Waals surface area (Å²) < 4.78 is 32.3. The number of amides is 1. The number of rotatable bonds is 8. The van der Waals surface area contributed by atoms with Crippen LogP contribution in [0.25, 0.3) is 0 Å². The van der Waals surface area contributed by atoms with Crippen LogP contribution in [0.15, 0.2) is 23.1 Å². The molecule has 2 unspecified atom stereocenters. The van der Waals surface area contributed by atoms with Crippen LogP contribution in [-0.2, 0) is 14.8 Å². The van der Waals surface area contributed by atoms with Crippen molar-refractivity contribution < 1.29 is 27.9 Å². The van der Waals surface area contributed by atoms with E-state index in [0.717, 1.165) is 12.8 Å². The molecule has 1 heterocycles. The number of carboxylic acids is 1. The Morgan fingerprint density at radius 2 is 1.93 bits per heavy atom. The Labute approximate surface area is 159 Å². The maximum atomic E-state index is 12.9. The third kappa shape index (κ3) is 4.59. The van der Waals surface area contributed by atoms with Crippen molar-refractivity contribution >= 4 is 21.9 Å². The summed E-state index contributed by atoms with van der Waals surface area (Å²) in [4.78, 5) is 23.9. The number of carbonyl (C=O) groups is 2. The topological polar surface area (TPSA) is 113 Å². The molecule has 1 saturated heterocycles. The number of methoxy groups -OCH3 is 1. The first-order valence-electron chi connectivity index (χ1n) is 8.94. The summed E-state index contributed by atoms with van der Waals surface area (Å²) in [7, 11) is -2.43. The number of carboxylic acid groups (broad SMARTS) is 1. The molecule has 1 aliphatic heterocycles. The van der Waals surface area contributed by atoms with E-state index < -0.39 is 27.9 Å². The predicted molar refractivity (Wildman–Crippen MR) is 99.3 cm³/mol. The zero-order valence-electron chi connectivity index (χ0n) is 15.8. The van der Waals surface area contributed by atoms with Gasteiger partial charge in [0.05, 0.1) is 7.11 Å². The molecular weight excluding hydrogens is 372 g/mol. The van der Waals surface area contributed by atoms with Gasteiger partial charge in [-0.15, -0.1) is 0 Å². The average molecular weight is 398 g/mol. The Hall–Kier alpha value is -2.13. The number of hydrogen-bond donors (Lipinski definition) is 2. The Morgan fingerprint density at radius 1 is 1.30 bits per heavy atom. The smallest absolute Gasteiger partial charge is 0.326 e. The van der Waals surface area contributed by atoms with Crippen LogP contribution in [0.4, 0.5) is 0 Å². The molecule has 8 nitrogen and oxygen atoms in total. The van der Waals surface area contributed by atoms with Gasteiger partial charge in [0.1, 0.15) is 16.7 Å². The normalized spacial score (nSPS) is 17.3. The van der Waals surface area contributed by atoms with Crippen molar-refractivity contribution in [2.24, 2.45) is 5.92 Å². The molecule has 0 aromatic heterocycles. The number of ether oxygens (including phenoxy) is 1. The quantitative estimate of drug-likeness (QED) is 0.689. The summed E-state index contributed by atoms with van der Waals surface area (Å²) in [5, 5.41) is 11.8. The van der Waals surface area contributed by atoms with Gasteiger partial charge in [0, 0.05) is 18.7 Å². The minimum Gasteiger partial charge on any atom is -0.495 e. The van der Waals surface area contributed by atoms with E-state index in [1.54, 1.807) is 6.92 Å². The van der Waals surface area contributed by atoms with E-state index in [0.29, 0.717) is 19.5 Å². The lowest BCUT2D eigenvalue weighted by Crippen LogP contribution is -2.45. The van der Waals surface area contributed by atoms with Crippen LogP contribution in [0.1, 0.15) is 43.5 Å². The highest BCUT2D eigenvalue weighted by Crippen LogP contribution is 2.30. The van der Waals surface area contributed by atoms with E-state index in [2.05, 4.69) is 5.32 Å². The first kappa shape index (κ1) is 21.2. The van der Waals surface area contributed by atoms with Crippen LogP contribution < -0.4 is 10.1 Å². The van der Waals surface area contributed by atoms with Gasteiger partial charge in [-0.05, 0) is 37.0 Å². The van der Waals surface area contributed by atoms with Crippen molar-refractivity contribution in [3.05, 3.63) is 23.8 Å². The van der Waals surface area contributed by atoms with Crippen molar-refractivity contribution in [2.45, 2.75) is 44.0 Å². The fourth-order valence-electron chi connectivity index (χ4n) is 2.99. The highest BCUT2D eigenvalue weighted by Gasteiger charge is 2.31. The fourth-order valence-corrected chi connectivity index (χ4v) is 4.69. The monoisotopic (exact) mass is 398 g/mol. The van der Waals surface area contributed by atoms with Crippen molar-refractivity contribution in [1.29, 1.82) is 0 Å². The summed E-state index contributed by atoms with van der Waals surface area (Å²) in [6.07, 6.45) is 2.16. The van der Waals surface area contributed by atoms with E-state index in [9.17, 15) is 23.1 Å². The second-order valence-corrected chi connectivity index (χ2v) is 8.56. The molecule has 1 aromatic rings. The summed E-state index contributed by atoms with van der Waals surface area (Å²) in [5.41, 5.74) is 0.0723. The second-order valence-electron chi connectivity index (χ2n) is 6.65. The van der Waals surface area contributed by atoms with Gasteiger partial charge >= 0.3 is 5.97 Å². The van der Waals surface area contributed by atoms with Crippen LogP contribution in [0.5, 0.6) is 5.75 Å². The second kappa shape index (κ2) is 8.71.